The Hall–Kier alpha value is -2.03. The van der Waals surface area contributed by atoms with Crippen LogP contribution >= 0.6 is 11.8 Å². The van der Waals surface area contributed by atoms with Crippen molar-refractivity contribution < 1.29 is 19.4 Å². The van der Waals surface area contributed by atoms with E-state index in [-0.39, 0.29) is 6.54 Å². The molecule has 24 heavy (non-hydrogen) atoms. The highest BCUT2D eigenvalue weighted by Gasteiger charge is 2.36. The Balaban J connectivity index is 2.16. The fourth-order valence-corrected chi connectivity index (χ4v) is 2.70. The number of ether oxygens (including phenoxy) is 1. The van der Waals surface area contributed by atoms with Crippen LogP contribution in [0.15, 0.2) is 17.4 Å². The van der Waals surface area contributed by atoms with E-state index in [0.717, 1.165) is 0 Å². The molecule has 2 heterocycles. The summed E-state index contributed by atoms with van der Waals surface area (Å²) < 4.78 is 5.33. The molecule has 0 spiro atoms. The number of hydrogen-bond donors (Lipinski definition) is 1. The van der Waals surface area contributed by atoms with Gasteiger partial charge in [-0.2, -0.15) is 0 Å². The Labute approximate surface area is 145 Å². The van der Waals surface area contributed by atoms with E-state index >= 15 is 0 Å². The first-order chi connectivity index (χ1) is 11.2. The lowest BCUT2D eigenvalue weighted by molar-refractivity contribution is -0.139. The lowest BCUT2D eigenvalue weighted by Gasteiger charge is -2.40. The third-order valence-electron chi connectivity index (χ3n) is 3.41. The fraction of sp³-hybridized carbons (Fsp3) is 0.600. The second-order valence-electron chi connectivity index (χ2n) is 6.38. The molecule has 1 N–H and O–H groups in total. The molecule has 132 valence electrons. The monoisotopic (exact) mass is 354 g/mol. The maximum absolute atomic E-state index is 12.2. The van der Waals surface area contributed by atoms with Gasteiger partial charge in [-0.3, -0.25) is 0 Å². The third-order valence-corrected chi connectivity index (χ3v) is 3.97. The van der Waals surface area contributed by atoms with Crippen molar-refractivity contribution >= 4 is 29.6 Å². The zero-order valence-electron chi connectivity index (χ0n) is 14.2. The number of carboxylic acids is 1. The Morgan fingerprint density at radius 1 is 1.38 bits per heavy atom. The molecule has 0 aromatic carbocycles. The molecular formula is C15H22N4O4S. The molecule has 1 fully saturated rings. The summed E-state index contributed by atoms with van der Waals surface area (Å²) in [5.74, 6) is -0.460. The van der Waals surface area contributed by atoms with Gasteiger partial charge in [-0.1, -0.05) is 11.8 Å². The van der Waals surface area contributed by atoms with Crippen molar-refractivity contribution in [3.8, 4) is 0 Å². The Morgan fingerprint density at radius 3 is 2.67 bits per heavy atom. The van der Waals surface area contributed by atoms with Crippen molar-refractivity contribution in [2.45, 2.75) is 37.6 Å². The van der Waals surface area contributed by atoms with Crippen molar-refractivity contribution in [2.75, 3.05) is 30.8 Å². The first-order valence-corrected chi connectivity index (χ1v) is 8.78. The minimum Gasteiger partial charge on any atom is -0.480 e. The van der Waals surface area contributed by atoms with E-state index in [1.54, 1.807) is 37.9 Å². The maximum Gasteiger partial charge on any atom is 0.410 e. The summed E-state index contributed by atoms with van der Waals surface area (Å²) in [7, 11) is 0. The van der Waals surface area contributed by atoms with Crippen molar-refractivity contribution in [1.82, 2.24) is 14.9 Å². The largest absolute Gasteiger partial charge is 0.480 e. The quantitative estimate of drug-likeness (QED) is 0.647. The standard InChI is InChI=1S/C15H22N4O4S/c1-15(2,3)23-14(22)18-7-8-19(10(9-18)12(20)21)11-5-6-16-13(17-11)24-4/h5-6,10H,7-9H2,1-4H3,(H,20,21). The Morgan fingerprint density at radius 2 is 2.08 bits per heavy atom. The van der Waals surface area contributed by atoms with Crippen LogP contribution in [0, 0.1) is 0 Å². The van der Waals surface area contributed by atoms with Crippen LogP contribution in [0.25, 0.3) is 0 Å². The van der Waals surface area contributed by atoms with Crippen molar-refractivity contribution in [3.63, 3.8) is 0 Å². The predicted molar refractivity (Wildman–Crippen MR) is 90.4 cm³/mol. The SMILES string of the molecule is CSc1nccc(N2CCN(C(=O)OC(C)(C)C)CC2C(=O)O)n1. The zero-order valence-corrected chi connectivity index (χ0v) is 15.0. The van der Waals surface area contributed by atoms with E-state index in [2.05, 4.69) is 9.97 Å². The maximum atomic E-state index is 12.2. The average Bonchev–Trinajstić information content (AvgIpc) is 2.52. The molecule has 1 aliphatic heterocycles. The number of thioether (sulfide) groups is 1. The smallest absolute Gasteiger partial charge is 0.410 e. The molecule has 1 saturated heterocycles. The molecule has 1 amide bonds. The van der Waals surface area contributed by atoms with Gasteiger partial charge in [-0.25, -0.2) is 19.6 Å². The van der Waals surface area contributed by atoms with E-state index in [1.807, 2.05) is 6.26 Å². The molecule has 0 radical (unpaired) electrons. The van der Waals surface area contributed by atoms with Crippen LogP contribution in [-0.4, -0.2) is 69.6 Å². The molecule has 0 saturated carbocycles. The van der Waals surface area contributed by atoms with E-state index in [1.165, 1.54) is 16.7 Å². The molecule has 1 aliphatic rings. The van der Waals surface area contributed by atoms with Crippen molar-refractivity contribution in [3.05, 3.63) is 12.3 Å². The Kier molecular flexibility index (Phi) is 5.53. The average molecular weight is 354 g/mol. The van der Waals surface area contributed by atoms with Gasteiger partial charge in [0.15, 0.2) is 5.16 Å². The number of aromatic nitrogens is 2. The van der Waals surface area contributed by atoms with Crippen LogP contribution in [0.5, 0.6) is 0 Å². The molecule has 1 aromatic heterocycles. The molecule has 8 nitrogen and oxygen atoms in total. The van der Waals surface area contributed by atoms with Crippen LogP contribution in [0.4, 0.5) is 10.6 Å². The van der Waals surface area contributed by atoms with Gasteiger partial charge in [0.2, 0.25) is 0 Å². The van der Waals surface area contributed by atoms with Gasteiger partial charge in [-0.05, 0) is 33.1 Å². The minimum absolute atomic E-state index is 0.0445. The summed E-state index contributed by atoms with van der Waals surface area (Å²) in [5.41, 5.74) is -0.618. The lowest BCUT2D eigenvalue weighted by atomic mass is 10.1. The number of carbonyl (C=O) groups excluding carboxylic acids is 1. The summed E-state index contributed by atoms with van der Waals surface area (Å²) in [6.45, 7) is 6.11. The molecule has 1 atom stereocenters. The lowest BCUT2D eigenvalue weighted by Crippen LogP contribution is -2.58. The summed E-state index contributed by atoms with van der Waals surface area (Å²) in [6.07, 6.45) is 2.96. The number of hydrogen-bond acceptors (Lipinski definition) is 7. The zero-order chi connectivity index (χ0) is 17.9. The van der Waals surface area contributed by atoms with E-state index in [0.29, 0.717) is 24.1 Å². The topological polar surface area (TPSA) is 95.9 Å². The highest BCUT2D eigenvalue weighted by Crippen LogP contribution is 2.22. The van der Waals surface area contributed by atoms with E-state index in [4.69, 9.17) is 4.74 Å². The van der Waals surface area contributed by atoms with Crippen LogP contribution < -0.4 is 4.90 Å². The van der Waals surface area contributed by atoms with Gasteiger partial charge >= 0.3 is 12.1 Å². The highest BCUT2D eigenvalue weighted by atomic mass is 32.2. The number of aliphatic carboxylic acids is 1. The number of anilines is 1. The van der Waals surface area contributed by atoms with Gasteiger partial charge in [-0.15, -0.1) is 0 Å². The molecular weight excluding hydrogens is 332 g/mol. The molecule has 0 aliphatic carbocycles. The summed E-state index contributed by atoms with van der Waals surface area (Å²) in [5, 5.41) is 10.1. The van der Waals surface area contributed by atoms with Crippen LogP contribution in [0.2, 0.25) is 0 Å². The number of carboxylic acid groups (broad SMARTS) is 1. The van der Waals surface area contributed by atoms with Gasteiger partial charge in [0, 0.05) is 19.3 Å². The molecule has 1 aromatic rings. The van der Waals surface area contributed by atoms with Crippen LogP contribution in [0.3, 0.4) is 0 Å². The first-order valence-electron chi connectivity index (χ1n) is 7.55. The molecule has 0 bridgehead atoms. The predicted octanol–water partition coefficient (Wildman–Crippen LogP) is 1.71. The minimum atomic E-state index is -1.01. The van der Waals surface area contributed by atoms with Crippen LogP contribution in [-0.2, 0) is 9.53 Å². The van der Waals surface area contributed by atoms with Gasteiger partial charge in [0.25, 0.3) is 0 Å². The number of piperazine rings is 1. The number of rotatable bonds is 3. The van der Waals surface area contributed by atoms with Gasteiger partial charge in [0.1, 0.15) is 17.5 Å². The second-order valence-corrected chi connectivity index (χ2v) is 7.15. The van der Waals surface area contributed by atoms with E-state index < -0.39 is 23.7 Å². The van der Waals surface area contributed by atoms with Crippen LogP contribution in [0.1, 0.15) is 20.8 Å². The normalized spacial score (nSPS) is 18.4. The summed E-state index contributed by atoms with van der Waals surface area (Å²) in [6, 6.07) is 0.801. The first kappa shape index (κ1) is 18.3. The van der Waals surface area contributed by atoms with E-state index in [9.17, 15) is 14.7 Å². The fourth-order valence-electron chi connectivity index (χ4n) is 2.35. The number of amides is 1. The highest BCUT2D eigenvalue weighted by molar-refractivity contribution is 7.98. The van der Waals surface area contributed by atoms with Crippen molar-refractivity contribution in [1.29, 1.82) is 0 Å². The van der Waals surface area contributed by atoms with Gasteiger partial charge < -0.3 is 19.6 Å². The molecule has 2 rings (SSSR count). The second kappa shape index (κ2) is 7.25. The summed E-state index contributed by atoms with van der Waals surface area (Å²) >= 11 is 1.39. The number of carbonyl (C=O) groups is 2. The summed E-state index contributed by atoms with van der Waals surface area (Å²) in [4.78, 5) is 35.4. The third kappa shape index (κ3) is 4.50. The van der Waals surface area contributed by atoms with Crippen molar-refractivity contribution in [2.24, 2.45) is 0 Å². The Bertz CT molecular complexity index is 620. The molecule has 1 unspecified atom stereocenters. The molecule has 9 heteroatoms. The van der Waals surface area contributed by atoms with Gasteiger partial charge in [0.05, 0.1) is 6.54 Å². The number of nitrogens with zero attached hydrogens (tertiary/aromatic N) is 4.